The zero-order valence-corrected chi connectivity index (χ0v) is 18.8. The number of nitrogens with one attached hydrogen (secondary N) is 1. The average molecular weight is 501 g/mol. The Morgan fingerprint density at radius 1 is 1.44 bits per heavy atom. The zero-order chi connectivity index (χ0) is 23.4. The molecule has 2 aliphatic rings. The maximum absolute atomic E-state index is 12.6. The number of thioether (sulfide) groups is 2. The molecule has 0 aliphatic carbocycles. The Morgan fingerprint density at radius 2 is 2.19 bits per heavy atom. The first kappa shape index (κ1) is 23.9. The normalized spacial score (nSPS) is 20.4. The number of carbonyl (C=O) groups excluding carboxylic acids is 5. The van der Waals surface area contributed by atoms with Gasteiger partial charge in [-0.25, -0.2) is 0 Å². The summed E-state index contributed by atoms with van der Waals surface area (Å²) in [6.45, 7) is 0. The van der Waals surface area contributed by atoms with Gasteiger partial charge < -0.3 is 24.5 Å². The number of carboxylic acids is 1. The number of aliphatic carboxylic acids is 1. The van der Waals surface area contributed by atoms with Gasteiger partial charge in [0, 0.05) is 11.5 Å². The third-order valence-corrected chi connectivity index (χ3v) is 6.95. The van der Waals surface area contributed by atoms with Crippen LogP contribution < -0.4 is 10.4 Å². The number of oxime groups is 1. The van der Waals surface area contributed by atoms with Gasteiger partial charge >= 0.3 is 0 Å². The first-order valence-electron chi connectivity index (χ1n) is 8.90. The number of carboxylic acid groups (broad SMARTS) is 1. The second kappa shape index (κ2) is 10.2. The molecule has 1 N–H and O–H groups in total. The number of carbonyl (C=O) groups is 5. The van der Waals surface area contributed by atoms with Crippen LogP contribution in [0.25, 0.3) is 0 Å². The highest BCUT2D eigenvalue weighted by Crippen LogP contribution is 2.41. The molecule has 0 saturated carbocycles. The predicted octanol–water partition coefficient (Wildman–Crippen LogP) is -0.633. The Hall–Kier alpha value is -2.77. The van der Waals surface area contributed by atoms with Gasteiger partial charge in [-0.05, 0) is 17.7 Å². The number of alkyl halides is 1. The van der Waals surface area contributed by atoms with E-state index in [0.717, 1.165) is 23.8 Å². The van der Waals surface area contributed by atoms with Crippen LogP contribution in [-0.2, 0) is 24.0 Å². The van der Waals surface area contributed by atoms with Gasteiger partial charge in [0.25, 0.3) is 16.9 Å². The second-order valence-corrected chi connectivity index (χ2v) is 8.65. The summed E-state index contributed by atoms with van der Waals surface area (Å²) in [5.74, 6) is -4.26. The lowest BCUT2D eigenvalue weighted by Crippen LogP contribution is -2.71. The second-order valence-electron chi connectivity index (χ2n) is 6.33. The molecule has 0 bridgehead atoms. The third kappa shape index (κ3) is 4.69. The number of furan rings is 1. The summed E-state index contributed by atoms with van der Waals surface area (Å²) in [4.78, 5) is 66.1. The Kier molecular flexibility index (Phi) is 7.64. The molecule has 14 heteroatoms. The van der Waals surface area contributed by atoms with E-state index < -0.39 is 46.6 Å². The molecule has 2 unspecified atom stereocenters. The summed E-state index contributed by atoms with van der Waals surface area (Å²) in [5.41, 5.74) is -0.626. The first-order valence-corrected chi connectivity index (χ1v) is 11.5. The number of β-lactam (4-membered cyclic amide) rings is 1. The van der Waals surface area contributed by atoms with Gasteiger partial charge in [-0.1, -0.05) is 16.9 Å². The maximum Gasteiger partial charge on any atom is 0.277 e. The van der Waals surface area contributed by atoms with Crippen LogP contribution in [0.4, 0.5) is 0 Å². The minimum Gasteiger partial charge on any atom is -0.543 e. The zero-order valence-electron chi connectivity index (χ0n) is 16.4. The summed E-state index contributed by atoms with van der Waals surface area (Å²) in [6, 6.07) is 1.94. The lowest BCUT2D eigenvalue weighted by molar-refractivity contribution is -0.301. The lowest BCUT2D eigenvalue weighted by atomic mass is 10.0. The van der Waals surface area contributed by atoms with Crippen molar-refractivity contribution in [3.63, 3.8) is 0 Å². The Morgan fingerprint density at radius 3 is 2.78 bits per heavy atom. The van der Waals surface area contributed by atoms with Crippen molar-refractivity contribution in [2.45, 2.75) is 11.4 Å². The molecule has 2 atom stereocenters. The molecule has 2 aliphatic heterocycles. The Bertz CT molecular complexity index is 1020. The molecule has 1 saturated heterocycles. The van der Waals surface area contributed by atoms with Crippen molar-refractivity contribution in [2.24, 2.45) is 5.16 Å². The van der Waals surface area contributed by atoms with E-state index in [4.69, 9.17) is 16.0 Å². The quantitative estimate of drug-likeness (QED) is 0.152. The summed E-state index contributed by atoms with van der Waals surface area (Å²) in [5, 5.41) is 16.3. The summed E-state index contributed by atoms with van der Waals surface area (Å²) >= 11 is 7.48. The lowest BCUT2D eigenvalue weighted by Gasteiger charge is -2.50. The van der Waals surface area contributed by atoms with E-state index in [9.17, 15) is 29.1 Å². The fourth-order valence-electron chi connectivity index (χ4n) is 2.98. The van der Waals surface area contributed by atoms with E-state index in [2.05, 4.69) is 15.3 Å². The van der Waals surface area contributed by atoms with Crippen molar-refractivity contribution < 1.29 is 38.3 Å². The van der Waals surface area contributed by atoms with Crippen LogP contribution in [-0.4, -0.2) is 75.2 Å². The van der Waals surface area contributed by atoms with Gasteiger partial charge in [0.2, 0.25) is 11.5 Å². The fraction of sp³-hybridized carbons (Fsp3) is 0.333. The molecule has 170 valence electrons. The molecule has 1 aromatic heterocycles. The van der Waals surface area contributed by atoms with Crippen LogP contribution in [0.5, 0.6) is 0 Å². The van der Waals surface area contributed by atoms with Gasteiger partial charge in [0.1, 0.15) is 18.5 Å². The number of halogens is 1. The molecular formula is C18H15ClN3O8S2-. The van der Waals surface area contributed by atoms with Crippen LogP contribution in [0.1, 0.15) is 10.6 Å². The average Bonchev–Trinajstić information content (AvgIpc) is 3.33. The van der Waals surface area contributed by atoms with Crippen LogP contribution >= 0.6 is 35.1 Å². The van der Waals surface area contributed by atoms with Gasteiger partial charge in [-0.3, -0.25) is 24.1 Å². The van der Waals surface area contributed by atoms with E-state index in [1.54, 1.807) is 6.07 Å². The number of rotatable bonds is 9. The van der Waals surface area contributed by atoms with Crippen molar-refractivity contribution >= 4 is 69.5 Å². The number of ketones is 1. The molecule has 2 amide bonds. The molecule has 0 radical (unpaired) electrons. The van der Waals surface area contributed by atoms with Crippen LogP contribution in [0.15, 0.2) is 39.2 Å². The van der Waals surface area contributed by atoms with E-state index in [-0.39, 0.29) is 28.1 Å². The van der Waals surface area contributed by atoms with Crippen LogP contribution in [0.2, 0.25) is 0 Å². The molecule has 0 spiro atoms. The van der Waals surface area contributed by atoms with Crippen molar-refractivity contribution in [1.29, 1.82) is 0 Å². The topological polar surface area (TPSA) is 158 Å². The Balaban J connectivity index is 1.73. The fourth-order valence-corrected chi connectivity index (χ4v) is 5.39. The highest BCUT2D eigenvalue weighted by atomic mass is 35.5. The standard InChI is InChI=1S/C18H16ClN3O8S2/c1-29-21-11(9(23)5-19)14(24)20-12-15(25)22-13(17(26)27)8(6-31-16(12)22)7-32-18(28)10-3-2-4-30-10/h2-4,12,16H,5-7H2,1H3,(H,20,24)(H,26,27)/p-1/b21-11+. The molecule has 1 fully saturated rings. The SMILES string of the molecule is CO/N=C(\C(=O)CCl)C(=O)NC1C(=O)N2C(C(=O)[O-])=C(CSC(=O)c3ccco3)CSC12. The molecule has 32 heavy (non-hydrogen) atoms. The van der Waals surface area contributed by atoms with E-state index in [1.807, 2.05) is 0 Å². The molecular weight excluding hydrogens is 486 g/mol. The highest BCUT2D eigenvalue weighted by Gasteiger charge is 2.53. The van der Waals surface area contributed by atoms with E-state index >= 15 is 0 Å². The van der Waals surface area contributed by atoms with Crippen LogP contribution in [0.3, 0.4) is 0 Å². The molecule has 3 rings (SSSR count). The minimum absolute atomic E-state index is 0.0121. The smallest absolute Gasteiger partial charge is 0.277 e. The predicted molar refractivity (Wildman–Crippen MR) is 113 cm³/mol. The number of nitrogens with zero attached hydrogens (tertiary/aromatic N) is 2. The summed E-state index contributed by atoms with van der Waals surface area (Å²) in [7, 11) is 1.13. The summed E-state index contributed by atoms with van der Waals surface area (Å²) < 4.78 is 5.01. The van der Waals surface area contributed by atoms with Crippen molar-refractivity contribution in [3.05, 3.63) is 35.4 Å². The molecule has 3 heterocycles. The number of Topliss-reactive ketones (excluding diaryl/α,β-unsaturated/α-hetero) is 1. The van der Waals surface area contributed by atoms with Gasteiger partial charge in [0.05, 0.1) is 23.8 Å². The number of hydrogen-bond acceptors (Lipinski definition) is 11. The minimum atomic E-state index is -1.58. The molecule has 11 nitrogen and oxygen atoms in total. The molecule has 0 aromatic carbocycles. The maximum atomic E-state index is 12.6. The summed E-state index contributed by atoms with van der Waals surface area (Å²) in [6.07, 6.45) is 1.34. The monoisotopic (exact) mass is 500 g/mol. The largest absolute Gasteiger partial charge is 0.543 e. The van der Waals surface area contributed by atoms with Crippen molar-refractivity contribution in [2.75, 3.05) is 24.5 Å². The van der Waals surface area contributed by atoms with Crippen molar-refractivity contribution in [1.82, 2.24) is 10.2 Å². The van der Waals surface area contributed by atoms with E-state index in [0.29, 0.717) is 5.57 Å². The Labute approximate surface area is 194 Å². The highest BCUT2D eigenvalue weighted by molar-refractivity contribution is 8.14. The third-order valence-electron chi connectivity index (χ3n) is 4.41. The van der Waals surface area contributed by atoms with Gasteiger partial charge in [-0.2, -0.15) is 0 Å². The number of amides is 2. The van der Waals surface area contributed by atoms with Gasteiger partial charge in [0.15, 0.2) is 5.76 Å². The molecule has 1 aromatic rings. The van der Waals surface area contributed by atoms with E-state index in [1.165, 1.54) is 24.1 Å². The number of fused-ring (bicyclic) bond motifs is 1. The van der Waals surface area contributed by atoms with Crippen LogP contribution in [0, 0.1) is 0 Å². The van der Waals surface area contributed by atoms with Crippen molar-refractivity contribution in [3.8, 4) is 0 Å². The first-order chi connectivity index (χ1) is 15.3. The number of hydrogen-bond donors (Lipinski definition) is 1. The van der Waals surface area contributed by atoms with Gasteiger partial charge in [-0.15, -0.1) is 23.4 Å².